The zero-order valence-corrected chi connectivity index (χ0v) is 12.0. The lowest BCUT2D eigenvalue weighted by Gasteiger charge is -2.05. The summed E-state index contributed by atoms with van der Waals surface area (Å²) < 4.78 is 0. The Morgan fingerprint density at radius 1 is 1.26 bits per heavy atom. The van der Waals surface area contributed by atoms with Gasteiger partial charge in [0.1, 0.15) is 14.9 Å². The number of thiophene rings is 1. The molecule has 3 aromatic heterocycles. The maximum atomic E-state index is 4.57. The van der Waals surface area contributed by atoms with Crippen molar-refractivity contribution in [1.29, 1.82) is 0 Å². The maximum absolute atomic E-state index is 4.57. The Morgan fingerprint density at radius 3 is 3.00 bits per heavy atom. The Balaban J connectivity index is 2.03. The van der Waals surface area contributed by atoms with E-state index in [4.69, 9.17) is 0 Å². The number of aromatic nitrogens is 3. The Bertz CT molecular complexity index is 681. The van der Waals surface area contributed by atoms with Gasteiger partial charge in [0.25, 0.3) is 0 Å². The molecule has 1 N–H and O–H groups in total. The van der Waals surface area contributed by atoms with Crippen LogP contribution in [0, 0.1) is 0 Å². The highest BCUT2D eigenvalue weighted by Crippen LogP contribution is 2.33. The molecule has 3 rings (SSSR count). The number of rotatable bonds is 4. The molecular formula is C13H12N4S2. The highest BCUT2D eigenvalue weighted by Gasteiger charge is 2.10. The second-order valence-electron chi connectivity index (χ2n) is 3.79. The summed E-state index contributed by atoms with van der Waals surface area (Å²) in [5.41, 5.74) is 0. The lowest BCUT2D eigenvalue weighted by molar-refractivity contribution is 1.05. The lowest BCUT2D eigenvalue weighted by atomic mass is 10.4. The SMILES string of the molecule is CCNc1nc(Sc2ccccn2)c2ccsc2n1. The predicted octanol–water partition coefficient (Wildman–Crippen LogP) is 3.67. The number of hydrogen-bond donors (Lipinski definition) is 1. The predicted molar refractivity (Wildman–Crippen MR) is 79.9 cm³/mol. The maximum Gasteiger partial charge on any atom is 0.225 e. The average molecular weight is 288 g/mol. The van der Waals surface area contributed by atoms with Gasteiger partial charge in [0, 0.05) is 18.1 Å². The van der Waals surface area contributed by atoms with E-state index in [1.165, 1.54) is 0 Å². The molecule has 4 nitrogen and oxygen atoms in total. The van der Waals surface area contributed by atoms with Crippen LogP contribution in [0.2, 0.25) is 0 Å². The molecule has 6 heteroatoms. The monoisotopic (exact) mass is 288 g/mol. The van der Waals surface area contributed by atoms with Crippen LogP contribution < -0.4 is 5.32 Å². The summed E-state index contributed by atoms with van der Waals surface area (Å²) in [5.74, 6) is 0.677. The first-order valence-electron chi connectivity index (χ1n) is 5.95. The molecule has 3 heterocycles. The molecule has 0 amide bonds. The topological polar surface area (TPSA) is 50.7 Å². The average Bonchev–Trinajstić information content (AvgIpc) is 2.89. The summed E-state index contributed by atoms with van der Waals surface area (Å²) in [6, 6.07) is 7.93. The van der Waals surface area contributed by atoms with E-state index in [-0.39, 0.29) is 0 Å². The van der Waals surface area contributed by atoms with Crippen molar-refractivity contribution in [2.45, 2.75) is 17.0 Å². The van der Waals surface area contributed by atoms with Crippen LogP contribution in [0.15, 0.2) is 45.9 Å². The summed E-state index contributed by atoms with van der Waals surface area (Å²) in [7, 11) is 0. The van der Waals surface area contributed by atoms with Gasteiger partial charge in [-0.2, -0.15) is 0 Å². The van der Waals surface area contributed by atoms with E-state index >= 15 is 0 Å². The van der Waals surface area contributed by atoms with E-state index in [0.717, 1.165) is 26.8 Å². The van der Waals surface area contributed by atoms with Gasteiger partial charge in [-0.15, -0.1) is 11.3 Å². The molecule has 0 fully saturated rings. The van der Waals surface area contributed by atoms with Crippen molar-refractivity contribution in [2.24, 2.45) is 0 Å². The molecule has 0 bridgehead atoms. The van der Waals surface area contributed by atoms with Crippen molar-refractivity contribution < 1.29 is 0 Å². The molecule has 96 valence electrons. The van der Waals surface area contributed by atoms with Crippen molar-refractivity contribution in [3.8, 4) is 0 Å². The van der Waals surface area contributed by atoms with E-state index in [1.807, 2.05) is 30.5 Å². The molecular weight excluding hydrogens is 276 g/mol. The third kappa shape index (κ3) is 2.69. The van der Waals surface area contributed by atoms with Gasteiger partial charge in [0.2, 0.25) is 5.95 Å². The van der Waals surface area contributed by atoms with Gasteiger partial charge in [-0.1, -0.05) is 6.07 Å². The van der Waals surface area contributed by atoms with Crippen LogP contribution in [0.25, 0.3) is 10.2 Å². The van der Waals surface area contributed by atoms with Gasteiger partial charge in [-0.3, -0.25) is 0 Å². The van der Waals surface area contributed by atoms with Gasteiger partial charge in [0.05, 0.1) is 0 Å². The van der Waals surface area contributed by atoms with Crippen molar-refractivity contribution in [3.05, 3.63) is 35.8 Å². The fraction of sp³-hybridized carbons (Fsp3) is 0.154. The second-order valence-corrected chi connectivity index (χ2v) is 5.70. The fourth-order valence-corrected chi connectivity index (χ4v) is 3.34. The number of anilines is 1. The highest BCUT2D eigenvalue weighted by atomic mass is 32.2. The first-order chi connectivity index (χ1) is 9.36. The zero-order chi connectivity index (χ0) is 13.1. The third-order valence-electron chi connectivity index (χ3n) is 2.46. The Hall–Kier alpha value is -1.66. The van der Waals surface area contributed by atoms with E-state index in [9.17, 15) is 0 Å². The zero-order valence-electron chi connectivity index (χ0n) is 10.3. The van der Waals surface area contributed by atoms with Crippen molar-refractivity contribution in [1.82, 2.24) is 15.0 Å². The minimum absolute atomic E-state index is 0.677. The van der Waals surface area contributed by atoms with Gasteiger partial charge in [-0.25, -0.2) is 15.0 Å². The molecule has 0 atom stereocenters. The summed E-state index contributed by atoms with van der Waals surface area (Å²) in [4.78, 5) is 14.4. The largest absolute Gasteiger partial charge is 0.354 e. The normalized spacial score (nSPS) is 10.8. The molecule has 0 spiro atoms. The minimum atomic E-state index is 0.677. The number of fused-ring (bicyclic) bond motifs is 1. The molecule has 0 radical (unpaired) electrons. The lowest BCUT2D eigenvalue weighted by Crippen LogP contribution is -2.02. The first-order valence-corrected chi connectivity index (χ1v) is 7.64. The molecule has 0 saturated carbocycles. The van der Waals surface area contributed by atoms with Crippen LogP contribution >= 0.6 is 23.1 Å². The van der Waals surface area contributed by atoms with E-state index in [0.29, 0.717) is 5.95 Å². The van der Waals surface area contributed by atoms with E-state index in [2.05, 4.69) is 26.3 Å². The van der Waals surface area contributed by atoms with Crippen LogP contribution in [0.5, 0.6) is 0 Å². The third-order valence-corrected chi connectivity index (χ3v) is 4.23. The number of hydrogen-bond acceptors (Lipinski definition) is 6. The van der Waals surface area contributed by atoms with Crippen LogP contribution in [-0.4, -0.2) is 21.5 Å². The number of nitrogens with one attached hydrogen (secondary N) is 1. The van der Waals surface area contributed by atoms with Crippen LogP contribution in [-0.2, 0) is 0 Å². The fourth-order valence-electron chi connectivity index (χ4n) is 1.65. The Labute approximate surface area is 119 Å². The molecule has 19 heavy (non-hydrogen) atoms. The Morgan fingerprint density at radius 2 is 2.21 bits per heavy atom. The van der Waals surface area contributed by atoms with Crippen LogP contribution in [0.1, 0.15) is 6.92 Å². The standard InChI is InChI=1S/C13H12N4S2/c1-2-14-13-16-11-9(6-8-18-11)12(17-13)19-10-5-3-4-7-15-10/h3-8H,2H2,1H3,(H,14,16,17). The second kappa shape index (κ2) is 5.54. The summed E-state index contributed by atoms with van der Waals surface area (Å²) in [5, 5.41) is 8.18. The van der Waals surface area contributed by atoms with Gasteiger partial charge >= 0.3 is 0 Å². The van der Waals surface area contributed by atoms with E-state index < -0.39 is 0 Å². The molecule has 0 aliphatic heterocycles. The molecule has 0 aromatic carbocycles. The van der Waals surface area contributed by atoms with Crippen LogP contribution in [0.3, 0.4) is 0 Å². The first kappa shape index (κ1) is 12.4. The summed E-state index contributed by atoms with van der Waals surface area (Å²) in [6.45, 7) is 2.85. The summed E-state index contributed by atoms with van der Waals surface area (Å²) >= 11 is 3.19. The number of nitrogens with zero attached hydrogens (tertiary/aromatic N) is 3. The van der Waals surface area contributed by atoms with E-state index in [1.54, 1.807) is 29.3 Å². The van der Waals surface area contributed by atoms with Crippen LogP contribution in [0.4, 0.5) is 5.95 Å². The van der Waals surface area contributed by atoms with Crippen molar-refractivity contribution in [2.75, 3.05) is 11.9 Å². The number of pyridine rings is 1. The van der Waals surface area contributed by atoms with Gasteiger partial charge < -0.3 is 5.32 Å². The molecule has 0 aliphatic carbocycles. The quantitative estimate of drug-likeness (QED) is 0.742. The van der Waals surface area contributed by atoms with Crippen molar-refractivity contribution >= 4 is 39.3 Å². The molecule has 0 saturated heterocycles. The van der Waals surface area contributed by atoms with Gasteiger partial charge in [-0.05, 0) is 42.3 Å². The minimum Gasteiger partial charge on any atom is -0.354 e. The molecule has 0 unspecified atom stereocenters. The van der Waals surface area contributed by atoms with Crippen molar-refractivity contribution in [3.63, 3.8) is 0 Å². The summed E-state index contributed by atoms with van der Waals surface area (Å²) in [6.07, 6.45) is 1.79. The van der Waals surface area contributed by atoms with Gasteiger partial charge in [0.15, 0.2) is 0 Å². The highest BCUT2D eigenvalue weighted by molar-refractivity contribution is 7.99. The molecule has 0 aliphatic rings. The Kier molecular flexibility index (Phi) is 3.61. The smallest absolute Gasteiger partial charge is 0.225 e. The molecule has 3 aromatic rings.